The zero-order valence-electron chi connectivity index (χ0n) is 8.80. The van der Waals surface area contributed by atoms with Crippen LogP contribution in [-0.2, 0) is 10.3 Å². The highest BCUT2D eigenvalue weighted by Gasteiger charge is 2.21. The largest absolute Gasteiger partial charge is 0.382 e. The first-order chi connectivity index (χ1) is 6.47. The van der Waals surface area contributed by atoms with Crippen LogP contribution in [0.15, 0.2) is 18.2 Å². The molecule has 0 saturated carbocycles. The van der Waals surface area contributed by atoms with Crippen molar-refractivity contribution in [2.75, 3.05) is 13.7 Å². The summed E-state index contributed by atoms with van der Waals surface area (Å²) in [5.74, 6) is -0.207. The molecule has 3 heteroatoms. The van der Waals surface area contributed by atoms with Gasteiger partial charge in [0, 0.05) is 7.11 Å². The van der Waals surface area contributed by atoms with E-state index in [0.717, 1.165) is 5.56 Å². The third kappa shape index (κ3) is 2.30. The lowest BCUT2D eigenvalue weighted by Gasteiger charge is -2.24. The van der Waals surface area contributed by atoms with Gasteiger partial charge in [-0.1, -0.05) is 12.1 Å². The lowest BCUT2D eigenvalue weighted by atomic mass is 9.93. The van der Waals surface area contributed by atoms with Gasteiger partial charge in [-0.25, -0.2) is 4.39 Å². The van der Waals surface area contributed by atoms with Crippen LogP contribution in [0.4, 0.5) is 4.39 Å². The van der Waals surface area contributed by atoms with E-state index in [1.165, 1.54) is 6.07 Å². The molecule has 2 nitrogen and oxygen atoms in total. The molecule has 1 aromatic rings. The van der Waals surface area contributed by atoms with Crippen LogP contribution in [0.3, 0.4) is 0 Å². The fraction of sp³-hybridized carbons (Fsp3) is 0.455. The fourth-order valence-electron chi connectivity index (χ4n) is 1.38. The molecule has 0 aliphatic carbocycles. The number of halogens is 1. The monoisotopic (exact) mass is 197 g/mol. The minimum atomic E-state index is -0.562. The minimum Gasteiger partial charge on any atom is -0.382 e. The van der Waals surface area contributed by atoms with Gasteiger partial charge in [0.05, 0.1) is 12.1 Å². The van der Waals surface area contributed by atoms with Crippen LogP contribution in [0.25, 0.3) is 0 Å². The zero-order chi connectivity index (χ0) is 10.8. The Morgan fingerprint density at radius 2 is 2.14 bits per heavy atom. The Balaban J connectivity index is 3.01. The summed E-state index contributed by atoms with van der Waals surface area (Å²) in [6, 6.07) is 4.89. The standard InChI is InChI=1S/C11H16FNO/c1-8-6-9(4-5-10(8)12)11(2,13)7-14-3/h4-6H,7,13H2,1-3H3. The van der Waals surface area contributed by atoms with Crippen LogP contribution in [0.1, 0.15) is 18.1 Å². The fourth-order valence-corrected chi connectivity index (χ4v) is 1.38. The van der Waals surface area contributed by atoms with E-state index in [1.54, 1.807) is 26.2 Å². The van der Waals surface area contributed by atoms with Gasteiger partial charge < -0.3 is 10.5 Å². The molecule has 0 aliphatic rings. The Kier molecular flexibility index (Phi) is 3.24. The van der Waals surface area contributed by atoms with Crippen molar-refractivity contribution >= 4 is 0 Å². The molecule has 1 atom stereocenters. The summed E-state index contributed by atoms with van der Waals surface area (Å²) < 4.78 is 18.0. The van der Waals surface area contributed by atoms with Gasteiger partial charge in [-0.2, -0.15) is 0 Å². The summed E-state index contributed by atoms with van der Waals surface area (Å²) >= 11 is 0. The normalized spacial score (nSPS) is 15.2. The maximum atomic E-state index is 13.0. The van der Waals surface area contributed by atoms with Crippen molar-refractivity contribution in [3.63, 3.8) is 0 Å². The second-order valence-electron chi connectivity index (χ2n) is 3.81. The molecule has 1 rings (SSSR count). The molecule has 0 bridgehead atoms. The molecule has 0 aliphatic heterocycles. The average Bonchev–Trinajstić information content (AvgIpc) is 2.09. The Hall–Kier alpha value is -0.930. The van der Waals surface area contributed by atoms with Gasteiger partial charge in [0.15, 0.2) is 0 Å². The molecule has 0 heterocycles. The molecule has 0 radical (unpaired) electrons. The van der Waals surface area contributed by atoms with Crippen molar-refractivity contribution in [1.29, 1.82) is 0 Å². The highest BCUT2D eigenvalue weighted by atomic mass is 19.1. The van der Waals surface area contributed by atoms with E-state index in [9.17, 15) is 4.39 Å². The summed E-state index contributed by atoms with van der Waals surface area (Å²) in [7, 11) is 1.60. The van der Waals surface area contributed by atoms with Gasteiger partial charge in [0.1, 0.15) is 5.82 Å². The Morgan fingerprint density at radius 1 is 1.50 bits per heavy atom. The summed E-state index contributed by atoms with van der Waals surface area (Å²) in [4.78, 5) is 0. The zero-order valence-corrected chi connectivity index (χ0v) is 8.80. The molecule has 1 aromatic carbocycles. The van der Waals surface area contributed by atoms with Crippen LogP contribution in [0.2, 0.25) is 0 Å². The number of nitrogens with two attached hydrogens (primary N) is 1. The van der Waals surface area contributed by atoms with Crippen molar-refractivity contribution < 1.29 is 9.13 Å². The van der Waals surface area contributed by atoms with Gasteiger partial charge in [0.25, 0.3) is 0 Å². The summed E-state index contributed by atoms with van der Waals surface area (Å²) in [6.07, 6.45) is 0. The summed E-state index contributed by atoms with van der Waals surface area (Å²) in [5, 5.41) is 0. The number of ether oxygens (including phenoxy) is 1. The summed E-state index contributed by atoms with van der Waals surface area (Å²) in [6.45, 7) is 4.00. The van der Waals surface area contributed by atoms with Crippen molar-refractivity contribution in [2.45, 2.75) is 19.4 Å². The molecule has 14 heavy (non-hydrogen) atoms. The molecule has 0 aromatic heterocycles. The lowest BCUT2D eigenvalue weighted by molar-refractivity contribution is 0.141. The molecule has 0 spiro atoms. The third-order valence-electron chi connectivity index (χ3n) is 2.26. The van der Waals surface area contributed by atoms with Gasteiger partial charge >= 0.3 is 0 Å². The van der Waals surface area contributed by atoms with E-state index in [2.05, 4.69) is 0 Å². The average molecular weight is 197 g/mol. The molecule has 78 valence electrons. The predicted molar refractivity (Wildman–Crippen MR) is 54.6 cm³/mol. The first-order valence-corrected chi connectivity index (χ1v) is 4.52. The predicted octanol–water partition coefficient (Wildman–Crippen LogP) is 1.95. The first kappa shape index (κ1) is 11.1. The Morgan fingerprint density at radius 3 is 2.64 bits per heavy atom. The highest BCUT2D eigenvalue weighted by Crippen LogP contribution is 2.20. The molecule has 0 fully saturated rings. The quantitative estimate of drug-likeness (QED) is 0.803. The molecule has 0 saturated heterocycles. The highest BCUT2D eigenvalue weighted by molar-refractivity contribution is 5.29. The van der Waals surface area contributed by atoms with Crippen molar-refractivity contribution in [3.05, 3.63) is 35.1 Å². The summed E-state index contributed by atoms with van der Waals surface area (Å²) in [5.41, 5.74) is 6.95. The first-order valence-electron chi connectivity index (χ1n) is 4.52. The van der Waals surface area contributed by atoms with Gasteiger partial charge in [0.2, 0.25) is 0 Å². The van der Waals surface area contributed by atoms with E-state index in [1.807, 2.05) is 6.92 Å². The van der Waals surface area contributed by atoms with Crippen LogP contribution in [-0.4, -0.2) is 13.7 Å². The maximum absolute atomic E-state index is 13.0. The second kappa shape index (κ2) is 4.07. The molecular formula is C11H16FNO. The van der Waals surface area contributed by atoms with Crippen LogP contribution >= 0.6 is 0 Å². The molecule has 0 amide bonds. The van der Waals surface area contributed by atoms with E-state index in [-0.39, 0.29) is 5.82 Å². The molecule has 2 N–H and O–H groups in total. The number of hydrogen-bond donors (Lipinski definition) is 1. The van der Waals surface area contributed by atoms with Gasteiger partial charge in [-0.3, -0.25) is 0 Å². The Labute approximate surface area is 83.9 Å². The number of methoxy groups -OCH3 is 1. The van der Waals surface area contributed by atoms with Crippen LogP contribution < -0.4 is 5.73 Å². The van der Waals surface area contributed by atoms with Crippen molar-refractivity contribution in [2.24, 2.45) is 5.73 Å². The number of benzene rings is 1. The second-order valence-corrected chi connectivity index (χ2v) is 3.81. The van der Waals surface area contributed by atoms with E-state index < -0.39 is 5.54 Å². The number of hydrogen-bond acceptors (Lipinski definition) is 2. The van der Waals surface area contributed by atoms with Gasteiger partial charge in [-0.15, -0.1) is 0 Å². The van der Waals surface area contributed by atoms with Crippen LogP contribution in [0, 0.1) is 12.7 Å². The number of aryl methyl sites for hydroxylation is 1. The van der Waals surface area contributed by atoms with Crippen LogP contribution in [0.5, 0.6) is 0 Å². The van der Waals surface area contributed by atoms with Crippen molar-refractivity contribution in [3.8, 4) is 0 Å². The molecular weight excluding hydrogens is 181 g/mol. The maximum Gasteiger partial charge on any atom is 0.126 e. The van der Waals surface area contributed by atoms with Crippen molar-refractivity contribution in [1.82, 2.24) is 0 Å². The Bertz CT molecular complexity index is 323. The SMILES string of the molecule is COCC(C)(N)c1ccc(F)c(C)c1. The minimum absolute atomic E-state index is 0.207. The lowest BCUT2D eigenvalue weighted by Crippen LogP contribution is -2.37. The van der Waals surface area contributed by atoms with Gasteiger partial charge in [-0.05, 0) is 31.0 Å². The number of rotatable bonds is 3. The van der Waals surface area contributed by atoms with E-state index in [4.69, 9.17) is 10.5 Å². The topological polar surface area (TPSA) is 35.2 Å². The smallest absolute Gasteiger partial charge is 0.126 e. The van der Waals surface area contributed by atoms with E-state index in [0.29, 0.717) is 12.2 Å². The third-order valence-corrected chi connectivity index (χ3v) is 2.26. The molecule has 1 unspecified atom stereocenters. The van der Waals surface area contributed by atoms with E-state index >= 15 is 0 Å².